The van der Waals surface area contributed by atoms with Crippen LogP contribution in [0, 0.1) is 154 Å². The van der Waals surface area contributed by atoms with Gasteiger partial charge in [-0.3, -0.25) is 16.7 Å². The molecule has 0 unspecified atom stereocenters. The van der Waals surface area contributed by atoms with E-state index in [4.69, 9.17) is 14.2 Å². The maximum absolute atomic E-state index is 6.31. The Morgan fingerprint density at radius 2 is 0.611 bits per heavy atom. The molecule has 0 fully saturated rings. The number of hydrogen-bond acceptors (Lipinski definition) is 9. The van der Waals surface area contributed by atoms with Gasteiger partial charge in [0.2, 0.25) is 0 Å². The fraction of sp³-hybridized carbons (Fsp3) is 0.195. The van der Waals surface area contributed by atoms with E-state index in [1.54, 1.807) is 0 Å². The third kappa shape index (κ3) is 17.0. The van der Waals surface area contributed by atoms with E-state index in [9.17, 15) is 0 Å². The van der Waals surface area contributed by atoms with Crippen LogP contribution in [0.25, 0.3) is 112 Å². The van der Waals surface area contributed by atoms with Crippen LogP contribution in [0.3, 0.4) is 0 Å². The number of ether oxygens (including phenoxy) is 3. The van der Waals surface area contributed by atoms with Gasteiger partial charge in [-0.25, -0.2) is 0 Å². The van der Waals surface area contributed by atoms with Crippen LogP contribution in [-0.4, -0.2) is 4.98 Å². The summed E-state index contributed by atoms with van der Waals surface area (Å²) in [6.45, 7) is 51.5. The zero-order valence-corrected chi connectivity index (χ0v) is 88.3. The molecule has 0 atom stereocenters. The molecular weight excluding hydrogens is 2340 g/mol. The van der Waals surface area contributed by atoms with Crippen LogP contribution in [0.15, 0.2) is 231 Å². The Balaban J connectivity index is 0.000000133. The van der Waals surface area contributed by atoms with Gasteiger partial charge >= 0.3 is 0 Å². The molecular formula is C118H105Ir4N5O3S-8. The summed E-state index contributed by atoms with van der Waals surface area (Å²) < 4.78 is 18.8. The topological polar surface area (TPSA) is 53.5 Å². The normalized spacial score (nSPS) is 14.1. The second kappa shape index (κ2) is 37.5. The van der Waals surface area contributed by atoms with E-state index in [1.807, 2.05) is 50.4 Å². The van der Waals surface area contributed by atoms with E-state index in [1.165, 1.54) is 205 Å². The monoisotopic (exact) mass is 2440 g/mol. The molecule has 14 aromatic rings. The molecule has 0 saturated carbocycles. The number of aryl methyl sites for hydroxylation is 15. The molecule has 4 radical (unpaired) electrons. The van der Waals surface area contributed by atoms with Gasteiger partial charge in [-0.1, -0.05) is 318 Å². The van der Waals surface area contributed by atoms with Gasteiger partial charge in [-0.15, -0.1) is 33.4 Å². The Morgan fingerprint density at radius 3 is 1.07 bits per heavy atom. The fourth-order valence-corrected chi connectivity index (χ4v) is 20.9. The molecule has 0 spiro atoms. The van der Waals surface area contributed by atoms with Crippen molar-refractivity contribution < 1.29 is 94.6 Å². The molecule has 0 saturated heterocycles. The van der Waals surface area contributed by atoms with Gasteiger partial charge in [0.1, 0.15) is 17.3 Å². The van der Waals surface area contributed by atoms with Gasteiger partial charge in [0, 0.05) is 120 Å². The zero-order chi connectivity index (χ0) is 88.7. The second-order valence-corrected chi connectivity index (χ2v) is 38.2. The predicted octanol–water partition coefficient (Wildman–Crippen LogP) is 30.5. The standard InChI is InChI=1S/C32H27NO.C31H25NO.C30H32N2S.C25H21NO.4Ir/c1-19-12-15-28-27(16-19)26-17-24(29-20(2)8-6-9-21(29)3)13-14-25(26)31-32(34-18-33(28)31)30-22(4)10-7-11-23(30)5;1-19-9-7-10-20(2)28(19)23-15-16-27-26(17-23)24-13-5-6-14-25(24)30-31(33-18-32(27)30)29-21(3)11-8-12-22(29)4;1-18-15-31-16-19(2)26(18)28-27-22-11-9-20(29(3,4)5)13-23(22)24-14-21(30(6,7)8)10-12-25(24)32(27)17-33-28;1-15-8-10-19-20(12-15)21-13-16(2)9-11-22(21)26-14-27-25(24(19)26)23-17(3)6-5-7-18(23)4;;;;/h6-14,16-18H,1-5H3;5-15,17-18H,1-4H3;9-11,13-17H,1-8H3;5-10,12-14H,1-4H3;;;;/q4*-2;;;;. The van der Waals surface area contributed by atoms with Crippen molar-refractivity contribution in [2.24, 2.45) is 0 Å². The number of hydrogen-bond donors (Lipinski definition) is 0. The van der Waals surface area contributed by atoms with E-state index in [0.29, 0.717) is 0 Å². The van der Waals surface area contributed by atoms with Crippen molar-refractivity contribution in [3.05, 3.63) is 420 Å². The molecule has 0 bridgehead atoms. The van der Waals surface area contributed by atoms with Crippen molar-refractivity contribution in [3.8, 4) is 66.8 Å². The first-order valence-corrected chi connectivity index (χ1v) is 44.9. The largest absolute Gasteiger partial charge is 0.640 e. The second-order valence-electron chi connectivity index (χ2n) is 37.4. The van der Waals surface area contributed by atoms with Gasteiger partial charge in [0.15, 0.2) is 0 Å². The quantitative estimate of drug-likeness (QED) is 0.152. The maximum Gasteiger partial charge on any atom is 0.117 e. The van der Waals surface area contributed by atoms with Crippen LogP contribution in [0.2, 0.25) is 0 Å². The number of nitrogens with zero attached hydrogens (tertiary/aromatic N) is 5. The van der Waals surface area contributed by atoms with Crippen molar-refractivity contribution in [2.75, 3.05) is 19.6 Å². The van der Waals surface area contributed by atoms with Crippen LogP contribution < -0.4 is 19.6 Å². The molecule has 13 aromatic carbocycles. The van der Waals surface area contributed by atoms with E-state index in [-0.39, 0.29) is 91.3 Å². The summed E-state index contributed by atoms with van der Waals surface area (Å²) in [7, 11) is 0. The summed E-state index contributed by atoms with van der Waals surface area (Å²) in [6, 6.07) is 93.2. The number of thioether (sulfide) groups is 1. The summed E-state index contributed by atoms with van der Waals surface area (Å²) in [6.07, 6.45) is 3.95. The maximum atomic E-state index is 6.31. The smallest absolute Gasteiger partial charge is 0.117 e. The first-order valence-electron chi connectivity index (χ1n) is 44.1. The van der Waals surface area contributed by atoms with Crippen LogP contribution in [0.5, 0.6) is 0 Å². The van der Waals surface area contributed by atoms with E-state index in [2.05, 4.69) is 412 Å². The molecule has 670 valence electrons. The van der Waals surface area contributed by atoms with Gasteiger partial charge in [0.25, 0.3) is 0 Å². The van der Waals surface area contributed by atoms with Crippen molar-refractivity contribution >= 4 is 79.5 Å². The summed E-state index contributed by atoms with van der Waals surface area (Å²) in [5.74, 6) is 5.00. The van der Waals surface area contributed by atoms with Crippen LogP contribution in [0.4, 0.5) is 22.7 Å². The average Bonchev–Trinajstić information content (AvgIpc) is 1.66. The van der Waals surface area contributed by atoms with Crippen molar-refractivity contribution in [2.45, 2.75) is 156 Å². The Hall–Kier alpha value is -10.5. The summed E-state index contributed by atoms with van der Waals surface area (Å²) in [5, 5.41) is 0. The molecule has 13 heteroatoms. The van der Waals surface area contributed by atoms with Crippen molar-refractivity contribution in [1.82, 2.24) is 4.98 Å². The third-order valence-corrected chi connectivity index (χ3v) is 27.1. The van der Waals surface area contributed by atoms with Gasteiger partial charge in [-0.2, -0.15) is 89.8 Å². The summed E-state index contributed by atoms with van der Waals surface area (Å²) in [5.41, 5.74) is 54.7. The van der Waals surface area contributed by atoms with E-state index < -0.39 is 0 Å². The Kier molecular flexibility index (Phi) is 27.3. The van der Waals surface area contributed by atoms with Gasteiger partial charge in [-0.05, 0) is 196 Å². The molecule has 0 N–H and O–H groups in total. The minimum absolute atomic E-state index is 0. The van der Waals surface area contributed by atoms with Crippen molar-refractivity contribution in [1.29, 1.82) is 0 Å². The minimum Gasteiger partial charge on any atom is -0.640 e. The van der Waals surface area contributed by atoms with E-state index in [0.717, 1.165) is 68.2 Å². The third-order valence-electron chi connectivity index (χ3n) is 26.1. The summed E-state index contributed by atoms with van der Waals surface area (Å²) in [4.78, 5) is 14.5. The van der Waals surface area contributed by atoms with Crippen LogP contribution in [0.1, 0.15) is 181 Å². The molecule has 1 aromatic heterocycles. The Morgan fingerprint density at radius 1 is 0.275 bits per heavy atom. The number of anilines is 4. The van der Waals surface area contributed by atoms with Gasteiger partial charge < -0.3 is 33.8 Å². The Labute approximate surface area is 834 Å². The molecule has 0 aliphatic carbocycles. The first-order chi connectivity index (χ1) is 61.0. The number of rotatable bonds is 6. The number of pyridine rings is 1. The SMILES string of the molecule is Cc1c[c-]c2c(c1)-c1cc(-c3c(C)cccc3C)ccc1C1=C(c3c(C)cccc3C)O[CH-]N12.Cc1c[c-]c2c(c1)-c1cc(C)ccc1C1=C(c3c(C)cccc3C)O[CH-]N12.Cc1cccc(C)c1C1=C2c3ccccc3-c3cc(-c4c(C)cccc4C)c[c-]c3N2[CH-]O1.Cc1cncc(C)c1C1=C2c3ccc(C(C)(C)C)cc3-c3cc(C(C)(C)C)c[c-]c3N2[CH-]S1.[Ir].[Ir].[Ir].[Ir]. The molecule has 8 aliphatic rings. The van der Waals surface area contributed by atoms with Crippen LogP contribution in [-0.2, 0) is 105 Å². The summed E-state index contributed by atoms with van der Waals surface area (Å²) >= 11 is 1.81. The van der Waals surface area contributed by atoms with E-state index >= 15 is 0 Å². The first kappa shape index (κ1) is 95.1. The van der Waals surface area contributed by atoms with Crippen LogP contribution >= 0.6 is 11.8 Å². The molecule has 8 nitrogen and oxygen atoms in total. The molecule has 8 aliphatic heterocycles. The average molecular weight is 2440 g/mol. The van der Waals surface area contributed by atoms with Crippen molar-refractivity contribution in [3.63, 3.8) is 0 Å². The number of fused-ring (bicyclic) bond motifs is 24. The molecule has 0 amide bonds. The Bertz CT molecular complexity index is 6970. The molecule has 22 rings (SSSR count). The number of aromatic nitrogens is 1. The minimum atomic E-state index is 0. The zero-order valence-electron chi connectivity index (χ0n) is 78.0. The van der Waals surface area contributed by atoms with Gasteiger partial charge in [0.05, 0.1) is 17.1 Å². The number of benzene rings is 13. The fourth-order valence-electron chi connectivity index (χ4n) is 19.7. The molecule has 131 heavy (non-hydrogen) atoms. The predicted molar refractivity (Wildman–Crippen MR) is 531 cm³/mol. The molecule has 9 heterocycles.